The Morgan fingerprint density at radius 1 is 1.12 bits per heavy atom. The second-order valence-corrected chi connectivity index (χ2v) is 5.23. The van der Waals surface area contributed by atoms with Crippen molar-refractivity contribution in [1.29, 1.82) is 0 Å². The summed E-state index contributed by atoms with van der Waals surface area (Å²) in [6.07, 6.45) is 2.04. The standard InChI is InChI=1S/C18H21N3O3/c1-24-11-5-10-19-17(22)12-18(23)21-20-13-15-8-4-7-14-6-2-3-9-16(14)15/h2-4,6-9,13H,5,10-12H2,1H3,(H,19,22)(H,21,23)/b20-13-. The lowest BCUT2D eigenvalue weighted by Gasteiger charge is -2.04. The molecule has 0 radical (unpaired) electrons. The summed E-state index contributed by atoms with van der Waals surface area (Å²) in [5, 5.41) is 8.73. The van der Waals surface area contributed by atoms with Crippen molar-refractivity contribution < 1.29 is 14.3 Å². The fourth-order valence-electron chi connectivity index (χ4n) is 2.23. The van der Waals surface area contributed by atoms with Gasteiger partial charge in [-0.15, -0.1) is 0 Å². The van der Waals surface area contributed by atoms with E-state index in [4.69, 9.17) is 4.74 Å². The zero-order valence-corrected chi connectivity index (χ0v) is 13.6. The SMILES string of the molecule is COCCCNC(=O)CC(=O)N/N=C\c1cccc2ccccc12. The third-order valence-electron chi connectivity index (χ3n) is 3.38. The van der Waals surface area contributed by atoms with Gasteiger partial charge in [0.15, 0.2) is 0 Å². The second-order valence-electron chi connectivity index (χ2n) is 5.23. The van der Waals surface area contributed by atoms with Gasteiger partial charge in [0.1, 0.15) is 6.42 Å². The monoisotopic (exact) mass is 327 g/mol. The third-order valence-corrected chi connectivity index (χ3v) is 3.38. The van der Waals surface area contributed by atoms with Crippen LogP contribution in [-0.2, 0) is 14.3 Å². The van der Waals surface area contributed by atoms with Gasteiger partial charge in [-0.05, 0) is 17.2 Å². The molecule has 2 aromatic rings. The summed E-state index contributed by atoms with van der Waals surface area (Å²) in [5.41, 5.74) is 3.27. The maximum Gasteiger partial charge on any atom is 0.249 e. The van der Waals surface area contributed by atoms with E-state index < -0.39 is 5.91 Å². The topological polar surface area (TPSA) is 79.8 Å². The van der Waals surface area contributed by atoms with Crippen molar-refractivity contribution in [3.05, 3.63) is 48.0 Å². The normalized spacial score (nSPS) is 10.9. The quantitative estimate of drug-likeness (QED) is 0.336. The fraction of sp³-hybridized carbons (Fsp3) is 0.278. The Labute approximate surface area is 140 Å². The van der Waals surface area contributed by atoms with E-state index in [0.29, 0.717) is 19.6 Å². The van der Waals surface area contributed by atoms with Gasteiger partial charge in [-0.3, -0.25) is 9.59 Å². The molecule has 0 saturated carbocycles. The average molecular weight is 327 g/mol. The summed E-state index contributed by atoms with van der Waals surface area (Å²) in [5.74, 6) is -0.778. The van der Waals surface area contributed by atoms with E-state index in [2.05, 4.69) is 15.8 Å². The summed E-state index contributed by atoms with van der Waals surface area (Å²) < 4.78 is 4.88. The predicted molar refractivity (Wildman–Crippen MR) is 93.8 cm³/mol. The van der Waals surface area contributed by atoms with Crippen LogP contribution in [0.4, 0.5) is 0 Å². The summed E-state index contributed by atoms with van der Waals surface area (Å²) in [7, 11) is 1.60. The molecule has 6 nitrogen and oxygen atoms in total. The van der Waals surface area contributed by atoms with Crippen molar-refractivity contribution in [3.63, 3.8) is 0 Å². The Hall–Kier alpha value is -2.73. The predicted octanol–water partition coefficient (Wildman–Crippen LogP) is 1.83. The van der Waals surface area contributed by atoms with Crippen LogP contribution in [0.15, 0.2) is 47.6 Å². The number of nitrogens with zero attached hydrogens (tertiary/aromatic N) is 1. The molecule has 0 bridgehead atoms. The Kier molecular flexibility index (Phi) is 6.91. The molecule has 2 N–H and O–H groups in total. The maximum absolute atomic E-state index is 11.7. The minimum Gasteiger partial charge on any atom is -0.385 e. The van der Waals surface area contributed by atoms with Crippen LogP contribution in [0, 0.1) is 0 Å². The molecule has 6 heteroatoms. The smallest absolute Gasteiger partial charge is 0.249 e. The number of benzene rings is 2. The summed E-state index contributed by atoms with van der Waals surface area (Å²) >= 11 is 0. The second kappa shape index (κ2) is 9.42. The van der Waals surface area contributed by atoms with Crippen molar-refractivity contribution in [2.45, 2.75) is 12.8 Å². The highest BCUT2D eigenvalue weighted by Crippen LogP contribution is 2.16. The van der Waals surface area contributed by atoms with Gasteiger partial charge in [0, 0.05) is 25.8 Å². The van der Waals surface area contributed by atoms with Gasteiger partial charge in [0.05, 0.1) is 6.21 Å². The molecule has 0 aromatic heterocycles. The molecule has 24 heavy (non-hydrogen) atoms. The van der Waals surface area contributed by atoms with Crippen LogP contribution in [0.2, 0.25) is 0 Å². The summed E-state index contributed by atoms with van der Waals surface area (Å²) in [4.78, 5) is 23.2. The number of rotatable bonds is 8. The van der Waals surface area contributed by atoms with Crippen LogP contribution in [0.3, 0.4) is 0 Å². The Bertz CT molecular complexity index is 723. The number of carbonyl (C=O) groups is 2. The van der Waals surface area contributed by atoms with Gasteiger partial charge in [-0.2, -0.15) is 5.10 Å². The van der Waals surface area contributed by atoms with Gasteiger partial charge < -0.3 is 10.1 Å². The minimum absolute atomic E-state index is 0.250. The van der Waals surface area contributed by atoms with Gasteiger partial charge in [0.2, 0.25) is 11.8 Å². The van der Waals surface area contributed by atoms with Gasteiger partial charge >= 0.3 is 0 Å². The fourth-order valence-corrected chi connectivity index (χ4v) is 2.23. The maximum atomic E-state index is 11.7. The van der Waals surface area contributed by atoms with Crippen LogP contribution in [-0.4, -0.2) is 38.3 Å². The van der Waals surface area contributed by atoms with Gasteiger partial charge in [-0.25, -0.2) is 5.43 Å². The average Bonchev–Trinajstić information content (AvgIpc) is 2.59. The van der Waals surface area contributed by atoms with E-state index in [1.54, 1.807) is 13.3 Å². The molecular formula is C18H21N3O3. The number of methoxy groups -OCH3 is 1. The molecule has 126 valence electrons. The molecule has 2 aromatic carbocycles. The molecule has 0 unspecified atom stereocenters. The molecule has 0 aliphatic heterocycles. The Morgan fingerprint density at radius 2 is 1.92 bits per heavy atom. The van der Waals surface area contributed by atoms with Crippen LogP contribution in [0.5, 0.6) is 0 Å². The number of hydrogen-bond acceptors (Lipinski definition) is 4. The van der Waals surface area contributed by atoms with Crippen molar-refractivity contribution in [2.24, 2.45) is 5.10 Å². The Balaban J connectivity index is 1.82. The lowest BCUT2D eigenvalue weighted by atomic mass is 10.1. The van der Waals surface area contributed by atoms with Crippen molar-refractivity contribution in [1.82, 2.24) is 10.7 Å². The van der Waals surface area contributed by atoms with Crippen molar-refractivity contribution in [2.75, 3.05) is 20.3 Å². The highest BCUT2D eigenvalue weighted by molar-refractivity contribution is 6.00. The van der Waals surface area contributed by atoms with E-state index in [9.17, 15) is 9.59 Å². The third kappa shape index (κ3) is 5.48. The van der Waals surface area contributed by atoms with Crippen LogP contribution in [0.25, 0.3) is 10.8 Å². The van der Waals surface area contributed by atoms with Gasteiger partial charge in [-0.1, -0.05) is 42.5 Å². The molecule has 0 saturated heterocycles. The zero-order valence-electron chi connectivity index (χ0n) is 13.6. The number of amides is 2. The largest absolute Gasteiger partial charge is 0.385 e. The lowest BCUT2D eigenvalue weighted by Crippen LogP contribution is -2.30. The molecule has 2 amide bonds. The van der Waals surface area contributed by atoms with Crippen LogP contribution < -0.4 is 10.7 Å². The first-order chi connectivity index (χ1) is 11.7. The molecule has 0 atom stereocenters. The van der Waals surface area contributed by atoms with E-state index >= 15 is 0 Å². The van der Waals surface area contributed by atoms with E-state index in [1.807, 2.05) is 42.5 Å². The Morgan fingerprint density at radius 3 is 2.75 bits per heavy atom. The van der Waals surface area contributed by atoms with Crippen LogP contribution in [0.1, 0.15) is 18.4 Å². The molecule has 0 spiro atoms. The number of carbonyl (C=O) groups excluding carboxylic acids is 2. The number of ether oxygens (including phenoxy) is 1. The molecule has 0 aliphatic rings. The van der Waals surface area contributed by atoms with Crippen molar-refractivity contribution >= 4 is 28.8 Å². The highest BCUT2D eigenvalue weighted by Gasteiger charge is 2.07. The molecule has 0 fully saturated rings. The molecule has 2 rings (SSSR count). The summed E-state index contributed by atoms with van der Waals surface area (Å²) in [6.45, 7) is 1.06. The molecule has 0 aliphatic carbocycles. The number of hydrogen-bond donors (Lipinski definition) is 2. The highest BCUT2D eigenvalue weighted by atomic mass is 16.5. The minimum atomic E-state index is -0.448. The molecular weight excluding hydrogens is 306 g/mol. The van der Waals surface area contributed by atoms with E-state index in [-0.39, 0.29) is 12.3 Å². The number of fused-ring (bicyclic) bond motifs is 1. The van der Waals surface area contributed by atoms with Crippen molar-refractivity contribution in [3.8, 4) is 0 Å². The first kappa shape index (κ1) is 17.6. The number of nitrogens with one attached hydrogen (secondary N) is 2. The first-order valence-corrected chi connectivity index (χ1v) is 7.76. The van der Waals surface area contributed by atoms with E-state index in [0.717, 1.165) is 16.3 Å². The number of hydrazone groups is 1. The molecule has 0 heterocycles. The van der Waals surface area contributed by atoms with Gasteiger partial charge in [0.25, 0.3) is 0 Å². The summed E-state index contributed by atoms with van der Waals surface area (Å²) in [6, 6.07) is 13.8. The van der Waals surface area contributed by atoms with Crippen LogP contribution >= 0.6 is 0 Å². The lowest BCUT2D eigenvalue weighted by molar-refractivity contribution is -0.129. The van der Waals surface area contributed by atoms with E-state index in [1.165, 1.54) is 0 Å². The zero-order chi connectivity index (χ0) is 17.2. The first-order valence-electron chi connectivity index (χ1n) is 7.76.